The summed E-state index contributed by atoms with van der Waals surface area (Å²) < 4.78 is 5.49. The van der Waals surface area contributed by atoms with E-state index in [2.05, 4.69) is 5.32 Å². The third-order valence-corrected chi connectivity index (χ3v) is 3.46. The largest absolute Gasteiger partial charge is 0.483 e. The van der Waals surface area contributed by atoms with Crippen LogP contribution in [-0.2, 0) is 4.79 Å². The van der Waals surface area contributed by atoms with Crippen molar-refractivity contribution in [2.75, 3.05) is 11.9 Å². The van der Waals surface area contributed by atoms with Gasteiger partial charge in [-0.2, -0.15) is 0 Å². The number of benzene rings is 2. The average Bonchev–Trinajstić information content (AvgIpc) is 2.53. The number of hydrogen-bond donors (Lipinski definition) is 1. The van der Waals surface area contributed by atoms with E-state index in [4.69, 9.17) is 16.3 Å². The Balaban J connectivity index is 2.03. The molecule has 0 saturated carbocycles. The molecule has 0 aromatic heterocycles. The SMILES string of the molecule is CCC(=O)c1cc(Cl)ccc1OCC(=O)Nc1cccc(C)c1. The number of ether oxygens (including phenoxy) is 1. The third-order valence-electron chi connectivity index (χ3n) is 3.22. The van der Waals surface area contributed by atoms with Gasteiger partial charge in [0.25, 0.3) is 5.91 Å². The van der Waals surface area contributed by atoms with E-state index in [9.17, 15) is 9.59 Å². The van der Waals surface area contributed by atoms with Gasteiger partial charge in [-0.25, -0.2) is 0 Å². The van der Waals surface area contributed by atoms with Gasteiger partial charge in [0.2, 0.25) is 0 Å². The number of nitrogens with one attached hydrogen (secondary N) is 1. The summed E-state index contributed by atoms with van der Waals surface area (Å²) in [6.07, 6.45) is 0.339. The number of aryl methyl sites for hydroxylation is 1. The van der Waals surface area contributed by atoms with Gasteiger partial charge in [-0.3, -0.25) is 9.59 Å². The highest BCUT2D eigenvalue weighted by molar-refractivity contribution is 6.31. The van der Waals surface area contributed by atoms with Crippen molar-refractivity contribution >= 4 is 29.0 Å². The van der Waals surface area contributed by atoms with E-state index < -0.39 is 0 Å². The van der Waals surface area contributed by atoms with Crippen molar-refractivity contribution in [1.82, 2.24) is 0 Å². The first-order valence-corrected chi connectivity index (χ1v) is 7.69. The van der Waals surface area contributed by atoms with E-state index >= 15 is 0 Å². The smallest absolute Gasteiger partial charge is 0.262 e. The van der Waals surface area contributed by atoms with Crippen LogP contribution in [0.1, 0.15) is 29.3 Å². The summed E-state index contributed by atoms with van der Waals surface area (Å²) in [5.41, 5.74) is 2.15. The van der Waals surface area contributed by atoms with Gasteiger partial charge in [0.1, 0.15) is 5.75 Å². The van der Waals surface area contributed by atoms with Crippen molar-refractivity contribution in [3.05, 3.63) is 58.6 Å². The number of ketones is 1. The van der Waals surface area contributed by atoms with Crippen LogP contribution < -0.4 is 10.1 Å². The summed E-state index contributed by atoms with van der Waals surface area (Å²) in [7, 11) is 0. The van der Waals surface area contributed by atoms with Crippen LogP contribution in [0.4, 0.5) is 5.69 Å². The molecule has 120 valence electrons. The van der Waals surface area contributed by atoms with E-state index in [1.165, 1.54) is 0 Å². The lowest BCUT2D eigenvalue weighted by Crippen LogP contribution is -2.20. The molecular formula is C18H18ClNO3. The van der Waals surface area contributed by atoms with Gasteiger partial charge in [-0.15, -0.1) is 0 Å². The molecule has 0 aliphatic heterocycles. The molecule has 0 spiro atoms. The summed E-state index contributed by atoms with van der Waals surface area (Å²) in [6, 6.07) is 12.3. The number of carbonyl (C=O) groups is 2. The Labute approximate surface area is 140 Å². The Morgan fingerprint density at radius 2 is 1.96 bits per heavy atom. The quantitative estimate of drug-likeness (QED) is 0.805. The first-order valence-electron chi connectivity index (χ1n) is 7.31. The number of hydrogen-bond acceptors (Lipinski definition) is 3. The fraction of sp³-hybridized carbons (Fsp3) is 0.222. The minimum Gasteiger partial charge on any atom is -0.483 e. The van der Waals surface area contributed by atoms with Crippen LogP contribution in [0.2, 0.25) is 5.02 Å². The molecule has 0 radical (unpaired) electrons. The average molecular weight is 332 g/mol. The van der Waals surface area contributed by atoms with Gasteiger partial charge >= 0.3 is 0 Å². The van der Waals surface area contributed by atoms with Crippen LogP contribution in [0.15, 0.2) is 42.5 Å². The minimum atomic E-state index is -0.291. The fourth-order valence-corrected chi connectivity index (χ4v) is 2.27. The number of rotatable bonds is 6. The monoisotopic (exact) mass is 331 g/mol. The second kappa shape index (κ2) is 7.79. The fourth-order valence-electron chi connectivity index (χ4n) is 2.10. The molecule has 5 heteroatoms. The first-order chi connectivity index (χ1) is 11.0. The summed E-state index contributed by atoms with van der Waals surface area (Å²) in [5, 5.41) is 3.21. The minimum absolute atomic E-state index is 0.0819. The lowest BCUT2D eigenvalue weighted by molar-refractivity contribution is -0.118. The van der Waals surface area contributed by atoms with Gasteiger partial charge in [-0.05, 0) is 42.8 Å². The summed E-state index contributed by atoms with van der Waals surface area (Å²) in [4.78, 5) is 23.9. The van der Waals surface area contributed by atoms with Gasteiger partial charge < -0.3 is 10.1 Å². The molecule has 2 rings (SSSR count). The van der Waals surface area contributed by atoms with E-state index in [1.807, 2.05) is 25.1 Å². The van der Waals surface area contributed by atoms with Crippen LogP contribution in [0.5, 0.6) is 5.75 Å². The maximum Gasteiger partial charge on any atom is 0.262 e. The van der Waals surface area contributed by atoms with E-state index in [0.717, 1.165) is 5.56 Å². The first kappa shape index (κ1) is 17.0. The van der Waals surface area contributed by atoms with Gasteiger partial charge in [0, 0.05) is 17.1 Å². The lowest BCUT2D eigenvalue weighted by Gasteiger charge is -2.11. The van der Waals surface area contributed by atoms with E-state index in [-0.39, 0.29) is 18.3 Å². The maximum atomic E-state index is 12.0. The predicted octanol–water partition coefficient (Wildman–Crippen LogP) is 4.26. The van der Waals surface area contributed by atoms with Gasteiger partial charge in [0.15, 0.2) is 12.4 Å². The Morgan fingerprint density at radius 1 is 1.17 bits per heavy atom. The molecule has 2 aromatic carbocycles. The van der Waals surface area contributed by atoms with Crippen molar-refractivity contribution in [2.24, 2.45) is 0 Å². The van der Waals surface area contributed by atoms with Crippen LogP contribution in [-0.4, -0.2) is 18.3 Å². The zero-order chi connectivity index (χ0) is 16.8. The predicted molar refractivity (Wildman–Crippen MR) is 91.4 cm³/mol. The molecule has 4 nitrogen and oxygen atoms in total. The zero-order valence-electron chi connectivity index (χ0n) is 13.1. The van der Waals surface area contributed by atoms with Crippen molar-refractivity contribution in [3.8, 4) is 5.75 Å². The summed E-state index contributed by atoms with van der Waals surface area (Å²) >= 11 is 5.92. The molecule has 0 saturated heterocycles. The molecule has 0 aliphatic rings. The normalized spacial score (nSPS) is 10.2. The molecule has 2 aromatic rings. The molecular weight excluding hydrogens is 314 g/mol. The maximum absolute atomic E-state index is 12.0. The number of Topliss-reactive ketones (excluding diaryl/α,β-unsaturated/α-hetero) is 1. The van der Waals surface area contributed by atoms with Crippen LogP contribution in [0.25, 0.3) is 0 Å². The van der Waals surface area contributed by atoms with Crippen LogP contribution in [0.3, 0.4) is 0 Å². The lowest BCUT2D eigenvalue weighted by atomic mass is 10.1. The molecule has 0 unspecified atom stereocenters. The Morgan fingerprint density at radius 3 is 2.65 bits per heavy atom. The third kappa shape index (κ3) is 4.83. The second-order valence-electron chi connectivity index (χ2n) is 5.12. The molecule has 0 heterocycles. The van der Waals surface area contributed by atoms with Crippen LogP contribution in [0, 0.1) is 6.92 Å². The van der Waals surface area contributed by atoms with Crippen molar-refractivity contribution in [3.63, 3.8) is 0 Å². The van der Waals surface area contributed by atoms with Crippen molar-refractivity contribution in [2.45, 2.75) is 20.3 Å². The highest BCUT2D eigenvalue weighted by atomic mass is 35.5. The van der Waals surface area contributed by atoms with Gasteiger partial charge in [0.05, 0.1) is 5.56 Å². The highest BCUT2D eigenvalue weighted by Crippen LogP contribution is 2.24. The number of amides is 1. The molecule has 23 heavy (non-hydrogen) atoms. The number of carbonyl (C=O) groups excluding carboxylic acids is 2. The Hall–Kier alpha value is -2.33. The van der Waals surface area contributed by atoms with Crippen molar-refractivity contribution in [1.29, 1.82) is 0 Å². The molecule has 0 bridgehead atoms. The Bertz CT molecular complexity index is 728. The second-order valence-corrected chi connectivity index (χ2v) is 5.56. The van der Waals surface area contributed by atoms with E-state index in [1.54, 1.807) is 31.2 Å². The topological polar surface area (TPSA) is 55.4 Å². The molecule has 1 amide bonds. The Kier molecular flexibility index (Phi) is 5.77. The molecule has 0 aliphatic carbocycles. The molecule has 0 fully saturated rings. The van der Waals surface area contributed by atoms with Crippen molar-refractivity contribution < 1.29 is 14.3 Å². The van der Waals surface area contributed by atoms with Gasteiger partial charge in [-0.1, -0.05) is 30.7 Å². The summed E-state index contributed by atoms with van der Waals surface area (Å²) in [5.74, 6) is -0.0114. The summed E-state index contributed by atoms with van der Waals surface area (Å²) in [6.45, 7) is 3.53. The number of anilines is 1. The standard InChI is InChI=1S/C18H18ClNO3/c1-3-16(21)15-10-13(19)7-8-17(15)23-11-18(22)20-14-6-4-5-12(2)9-14/h4-10H,3,11H2,1-2H3,(H,20,22). The van der Waals surface area contributed by atoms with E-state index in [0.29, 0.717) is 28.4 Å². The molecule has 1 N–H and O–H groups in total. The molecule has 0 atom stereocenters. The zero-order valence-corrected chi connectivity index (χ0v) is 13.8. The highest BCUT2D eigenvalue weighted by Gasteiger charge is 2.13. The van der Waals surface area contributed by atoms with Crippen LogP contribution >= 0.6 is 11.6 Å². The number of halogens is 1.